The topological polar surface area (TPSA) is 0 Å². The van der Waals surface area contributed by atoms with E-state index in [1.54, 1.807) is 22.3 Å². The Morgan fingerprint density at radius 3 is 1.20 bits per heavy atom. The fraction of sp³-hybridized carbons (Fsp3) is 0.231. The van der Waals surface area contributed by atoms with Crippen LogP contribution in [-0.2, 0) is 33.4 Å². The van der Waals surface area contributed by atoms with Crippen molar-refractivity contribution in [3.05, 3.63) is 190 Å². The second-order valence-corrected chi connectivity index (χ2v) is 44.5. The van der Waals surface area contributed by atoms with Crippen LogP contribution in [-0.4, -0.2) is 5.98 Å². The van der Waals surface area contributed by atoms with Gasteiger partial charge in [-0.25, -0.2) is 0 Å². The molecule has 269 valence electrons. The molecule has 2 heteroatoms. The van der Waals surface area contributed by atoms with E-state index in [9.17, 15) is 0 Å². The summed E-state index contributed by atoms with van der Waals surface area (Å²) in [6, 6.07) is 55.8. The Balaban J connectivity index is 1.35. The average Bonchev–Trinajstić information content (AvgIpc) is 3.75. The van der Waals surface area contributed by atoms with E-state index in [4.69, 9.17) is 0 Å². The van der Waals surface area contributed by atoms with E-state index in [2.05, 4.69) is 199 Å². The van der Waals surface area contributed by atoms with Crippen molar-refractivity contribution in [3.63, 3.8) is 0 Å². The molecule has 0 spiro atoms. The maximum atomic E-state index is 2.70. The summed E-state index contributed by atoms with van der Waals surface area (Å²) in [6.07, 6.45) is 7.45. The van der Waals surface area contributed by atoms with E-state index in [0.29, 0.717) is 19.2 Å². The van der Waals surface area contributed by atoms with Crippen LogP contribution < -0.4 is 0 Å². The summed E-state index contributed by atoms with van der Waals surface area (Å²) >= 11 is -2.76. The van der Waals surface area contributed by atoms with E-state index in [-0.39, 0.29) is 0 Å². The minimum atomic E-state index is -2.76. The molecule has 0 aromatic heterocycles. The first-order valence-corrected chi connectivity index (χ1v) is 33.4. The average molecular weight is 885 g/mol. The Hall–Kier alpha value is -4.11. The van der Waals surface area contributed by atoms with Gasteiger partial charge in [0.1, 0.15) is 0 Å². The summed E-state index contributed by atoms with van der Waals surface area (Å²) in [5, 5.41) is 0. The van der Waals surface area contributed by atoms with Crippen LogP contribution in [0, 0.1) is 11.8 Å². The normalized spacial score (nSPS) is 16.1. The van der Waals surface area contributed by atoms with Crippen molar-refractivity contribution in [2.45, 2.75) is 61.0 Å². The molecule has 0 aliphatic heterocycles. The van der Waals surface area contributed by atoms with Crippen molar-refractivity contribution in [1.29, 1.82) is 0 Å². The Kier molecular flexibility index (Phi) is 10.9. The molecule has 2 atom stereocenters. The molecule has 0 nitrogen and oxygen atoms in total. The second kappa shape index (κ2) is 15.9. The van der Waals surface area contributed by atoms with E-state index >= 15 is 0 Å². The van der Waals surface area contributed by atoms with Crippen molar-refractivity contribution < 1.29 is 20.6 Å². The zero-order valence-corrected chi connectivity index (χ0v) is 37.6. The standard InChI is InChI=1S/2C25H23.C2H7Si.Hf/c2*1-18(2)15-20-11-6-7-13-23(20)24-14-8-12-21-16-22(17-25(21)24)19-9-4-3-5-10-19;1-3-2;/h2*3-14,16-18H,15H2,1-2H3;3H,1-2H3;. The predicted octanol–water partition coefficient (Wildman–Crippen LogP) is 13.9. The van der Waals surface area contributed by atoms with Crippen molar-refractivity contribution >= 4 is 29.3 Å². The quantitative estimate of drug-likeness (QED) is 0.114. The summed E-state index contributed by atoms with van der Waals surface area (Å²) in [7, 11) is 0. The molecule has 0 saturated carbocycles. The molecule has 0 heterocycles. The van der Waals surface area contributed by atoms with E-state index in [1.165, 1.54) is 55.6 Å². The van der Waals surface area contributed by atoms with Gasteiger partial charge in [-0.1, -0.05) is 0 Å². The van der Waals surface area contributed by atoms with Crippen LogP contribution in [0.25, 0.3) is 45.6 Å². The van der Waals surface area contributed by atoms with Crippen LogP contribution in [0.3, 0.4) is 0 Å². The second-order valence-electron chi connectivity index (χ2n) is 16.6. The zero-order valence-electron chi connectivity index (χ0n) is 32.8. The van der Waals surface area contributed by atoms with Crippen molar-refractivity contribution in [3.8, 4) is 22.3 Å². The van der Waals surface area contributed by atoms with Crippen LogP contribution >= 0.6 is 0 Å². The summed E-state index contributed by atoms with van der Waals surface area (Å²) in [6.45, 7) is 14.8. The summed E-state index contributed by atoms with van der Waals surface area (Å²) in [5.74, 6) is 0.0666. The van der Waals surface area contributed by atoms with E-state index in [0.717, 1.165) is 12.8 Å². The molecule has 2 aliphatic carbocycles. The number of hydrogen-bond donors (Lipinski definition) is 0. The van der Waals surface area contributed by atoms with Crippen LogP contribution in [0.15, 0.2) is 146 Å². The Labute approximate surface area is 332 Å². The minimum absolute atomic E-state index is 0.497. The SMILES string of the molecule is CC(C)Cc1ccccc1-c1cccc2c1C=C(c1ccccc1)[CH]2[Hf]([CH]1C(c2ccccc2)=Cc2c(-c3ccccc3CC(C)C)cccc21)[SiH](C)C. The van der Waals surface area contributed by atoms with Gasteiger partial charge in [-0.15, -0.1) is 0 Å². The molecule has 0 saturated heterocycles. The third-order valence-corrected chi connectivity index (χ3v) is 42.0. The fourth-order valence-electron chi connectivity index (χ4n) is 9.39. The first-order chi connectivity index (χ1) is 26.3. The van der Waals surface area contributed by atoms with Gasteiger partial charge in [-0.05, 0) is 0 Å². The molecular formula is C52H53HfSi. The molecule has 8 rings (SSSR count). The van der Waals surface area contributed by atoms with Crippen LogP contribution in [0.1, 0.15) is 79.6 Å². The number of allylic oxidation sites excluding steroid dienone is 2. The van der Waals surface area contributed by atoms with E-state index in [1.807, 2.05) is 0 Å². The molecule has 0 amide bonds. The summed E-state index contributed by atoms with van der Waals surface area (Å²) in [4.78, 5) is 0. The summed E-state index contributed by atoms with van der Waals surface area (Å²) < 4.78 is 0.993. The molecule has 0 radical (unpaired) electrons. The van der Waals surface area contributed by atoms with Gasteiger partial charge in [0.2, 0.25) is 0 Å². The zero-order chi connectivity index (χ0) is 37.3. The molecule has 54 heavy (non-hydrogen) atoms. The molecular weight excluding hydrogens is 831 g/mol. The number of fused-ring (bicyclic) bond motifs is 2. The Morgan fingerprint density at radius 1 is 0.444 bits per heavy atom. The first-order valence-electron chi connectivity index (χ1n) is 20.1. The molecule has 2 unspecified atom stereocenters. The predicted molar refractivity (Wildman–Crippen MR) is 234 cm³/mol. The third-order valence-electron chi connectivity index (χ3n) is 11.5. The van der Waals surface area contributed by atoms with Gasteiger partial charge >= 0.3 is 335 Å². The fourth-order valence-corrected chi connectivity index (χ4v) is 40.9. The third kappa shape index (κ3) is 7.09. The Morgan fingerprint density at radius 2 is 0.815 bits per heavy atom. The monoisotopic (exact) mass is 885 g/mol. The molecule has 6 aromatic rings. The van der Waals surface area contributed by atoms with Crippen LogP contribution in [0.2, 0.25) is 13.1 Å². The molecule has 0 N–H and O–H groups in total. The number of rotatable bonds is 11. The molecule has 0 bridgehead atoms. The van der Waals surface area contributed by atoms with Crippen LogP contribution in [0.5, 0.6) is 0 Å². The van der Waals surface area contributed by atoms with Gasteiger partial charge in [-0.3, -0.25) is 0 Å². The van der Waals surface area contributed by atoms with Gasteiger partial charge in [-0.2, -0.15) is 0 Å². The van der Waals surface area contributed by atoms with Crippen molar-refractivity contribution in [2.24, 2.45) is 11.8 Å². The van der Waals surface area contributed by atoms with Gasteiger partial charge in [0, 0.05) is 0 Å². The number of hydrogen-bond acceptors (Lipinski definition) is 0. The molecule has 2 aliphatic rings. The summed E-state index contributed by atoms with van der Waals surface area (Å²) in [5.41, 5.74) is 20.6. The van der Waals surface area contributed by atoms with Gasteiger partial charge in [0.05, 0.1) is 0 Å². The molecule has 0 fully saturated rings. The van der Waals surface area contributed by atoms with Crippen molar-refractivity contribution in [2.75, 3.05) is 0 Å². The van der Waals surface area contributed by atoms with Gasteiger partial charge in [0.25, 0.3) is 0 Å². The maximum absolute atomic E-state index is 2.76. The Bertz CT molecular complexity index is 2170. The van der Waals surface area contributed by atoms with Crippen LogP contribution in [0.4, 0.5) is 0 Å². The molecule has 6 aromatic carbocycles. The van der Waals surface area contributed by atoms with Gasteiger partial charge in [0.15, 0.2) is 0 Å². The first kappa shape index (κ1) is 36.8. The van der Waals surface area contributed by atoms with Crippen molar-refractivity contribution in [1.82, 2.24) is 0 Å². The van der Waals surface area contributed by atoms with E-state index < -0.39 is 26.6 Å². The van der Waals surface area contributed by atoms with Gasteiger partial charge < -0.3 is 0 Å². The number of benzene rings is 6.